The maximum absolute atomic E-state index is 12.1. The molecule has 0 saturated carbocycles. The molecule has 1 amide bonds. The van der Waals surface area contributed by atoms with E-state index in [1.807, 2.05) is 18.2 Å². The first-order valence-corrected chi connectivity index (χ1v) is 6.82. The highest BCUT2D eigenvalue weighted by Gasteiger charge is 2.11. The Bertz CT molecular complexity index is 616. The molecule has 2 rings (SSSR count). The van der Waals surface area contributed by atoms with Crippen molar-refractivity contribution in [3.63, 3.8) is 0 Å². The molecule has 3 N–H and O–H groups in total. The van der Waals surface area contributed by atoms with Gasteiger partial charge in [0.1, 0.15) is 0 Å². The van der Waals surface area contributed by atoms with Gasteiger partial charge in [-0.1, -0.05) is 35.9 Å². The number of nitrogens with two attached hydrogens (primary N) is 1. The monoisotopic (exact) mass is 338 g/mol. The SMILES string of the molecule is Nc1cccc(C(=O)NCc2ccccc2Cl)c1Br. The quantitative estimate of drug-likeness (QED) is 0.839. The molecule has 2 aromatic rings. The van der Waals surface area contributed by atoms with Crippen LogP contribution in [0.1, 0.15) is 15.9 Å². The summed E-state index contributed by atoms with van der Waals surface area (Å²) in [6.45, 7) is 0.375. The van der Waals surface area contributed by atoms with Gasteiger partial charge in [-0.15, -0.1) is 0 Å². The Morgan fingerprint density at radius 3 is 2.68 bits per heavy atom. The molecule has 0 spiro atoms. The van der Waals surface area contributed by atoms with Gasteiger partial charge < -0.3 is 11.1 Å². The zero-order valence-corrected chi connectivity index (χ0v) is 12.3. The number of carbonyl (C=O) groups excluding carboxylic acids is 1. The largest absolute Gasteiger partial charge is 0.398 e. The summed E-state index contributed by atoms with van der Waals surface area (Å²) in [4.78, 5) is 12.1. The minimum Gasteiger partial charge on any atom is -0.398 e. The van der Waals surface area contributed by atoms with Gasteiger partial charge in [0.2, 0.25) is 0 Å². The van der Waals surface area contributed by atoms with Crippen LogP contribution in [0, 0.1) is 0 Å². The molecule has 0 aliphatic rings. The van der Waals surface area contributed by atoms with Gasteiger partial charge >= 0.3 is 0 Å². The van der Waals surface area contributed by atoms with Gasteiger partial charge in [0.25, 0.3) is 5.91 Å². The van der Waals surface area contributed by atoms with Gasteiger partial charge in [0, 0.05) is 17.3 Å². The summed E-state index contributed by atoms with van der Waals surface area (Å²) in [5.74, 6) is -0.195. The Labute approximate surface area is 124 Å². The van der Waals surface area contributed by atoms with Crippen LogP contribution in [0.5, 0.6) is 0 Å². The van der Waals surface area contributed by atoms with Crippen molar-refractivity contribution in [3.05, 3.63) is 63.1 Å². The van der Waals surface area contributed by atoms with Crippen molar-refractivity contribution in [1.82, 2.24) is 5.32 Å². The smallest absolute Gasteiger partial charge is 0.252 e. The van der Waals surface area contributed by atoms with Gasteiger partial charge in [-0.25, -0.2) is 0 Å². The van der Waals surface area contributed by atoms with Crippen molar-refractivity contribution in [1.29, 1.82) is 0 Å². The number of nitrogens with one attached hydrogen (secondary N) is 1. The minimum atomic E-state index is -0.195. The third-order valence-electron chi connectivity index (χ3n) is 2.67. The molecule has 19 heavy (non-hydrogen) atoms. The molecule has 0 aliphatic carbocycles. The zero-order valence-electron chi connectivity index (χ0n) is 9.99. The van der Waals surface area contributed by atoms with E-state index in [1.165, 1.54) is 0 Å². The molecule has 2 aromatic carbocycles. The van der Waals surface area contributed by atoms with E-state index in [4.69, 9.17) is 17.3 Å². The Hall–Kier alpha value is -1.52. The van der Waals surface area contributed by atoms with Crippen LogP contribution in [0.25, 0.3) is 0 Å². The second kappa shape index (κ2) is 6.08. The average molecular weight is 340 g/mol. The molecule has 0 aromatic heterocycles. The molecule has 0 unspecified atom stereocenters. The second-order valence-electron chi connectivity index (χ2n) is 3.98. The van der Waals surface area contributed by atoms with Crippen LogP contribution < -0.4 is 11.1 Å². The van der Waals surface area contributed by atoms with E-state index in [0.717, 1.165) is 5.56 Å². The average Bonchev–Trinajstić information content (AvgIpc) is 2.40. The predicted molar refractivity (Wildman–Crippen MR) is 81.2 cm³/mol. The molecule has 3 nitrogen and oxygen atoms in total. The van der Waals surface area contributed by atoms with E-state index in [9.17, 15) is 4.79 Å². The maximum atomic E-state index is 12.1. The van der Waals surface area contributed by atoms with Crippen molar-refractivity contribution in [2.75, 3.05) is 5.73 Å². The molecule has 0 fully saturated rings. The van der Waals surface area contributed by atoms with Gasteiger partial charge in [-0.2, -0.15) is 0 Å². The predicted octanol–water partition coefficient (Wildman–Crippen LogP) is 3.61. The summed E-state index contributed by atoms with van der Waals surface area (Å²) >= 11 is 9.34. The topological polar surface area (TPSA) is 55.1 Å². The van der Waals surface area contributed by atoms with Crippen LogP contribution in [-0.2, 0) is 6.54 Å². The van der Waals surface area contributed by atoms with E-state index in [-0.39, 0.29) is 5.91 Å². The third kappa shape index (κ3) is 3.28. The molecule has 0 heterocycles. The van der Waals surface area contributed by atoms with E-state index in [1.54, 1.807) is 24.3 Å². The zero-order chi connectivity index (χ0) is 13.8. The van der Waals surface area contributed by atoms with Crippen LogP contribution >= 0.6 is 27.5 Å². The molecule has 5 heteroatoms. The Balaban J connectivity index is 2.10. The summed E-state index contributed by atoms with van der Waals surface area (Å²) in [7, 11) is 0. The number of amides is 1. The summed E-state index contributed by atoms with van der Waals surface area (Å²) < 4.78 is 0.603. The number of hydrogen-bond donors (Lipinski definition) is 2. The highest BCUT2D eigenvalue weighted by molar-refractivity contribution is 9.10. The van der Waals surface area contributed by atoms with Crippen molar-refractivity contribution < 1.29 is 4.79 Å². The summed E-state index contributed by atoms with van der Waals surface area (Å²) in [6, 6.07) is 12.6. The fraction of sp³-hybridized carbons (Fsp3) is 0.0714. The number of benzene rings is 2. The number of anilines is 1. The number of halogens is 2. The maximum Gasteiger partial charge on any atom is 0.252 e. The van der Waals surface area contributed by atoms with Crippen molar-refractivity contribution in [2.45, 2.75) is 6.54 Å². The fourth-order valence-electron chi connectivity index (χ4n) is 1.64. The first kappa shape index (κ1) is 13.9. The molecule has 0 atom stereocenters. The number of rotatable bonds is 3. The highest BCUT2D eigenvalue weighted by atomic mass is 79.9. The minimum absolute atomic E-state index is 0.195. The lowest BCUT2D eigenvalue weighted by Crippen LogP contribution is -2.23. The lowest BCUT2D eigenvalue weighted by Gasteiger charge is -2.09. The standard InChI is InChI=1S/C14H12BrClN2O/c15-13-10(5-3-7-12(13)17)14(19)18-8-9-4-1-2-6-11(9)16/h1-7H,8,17H2,(H,18,19). The van der Waals surface area contributed by atoms with Gasteiger partial charge in [-0.3, -0.25) is 4.79 Å². The first-order chi connectivity index (χ1) is 9.09. The second-order valence-corrected chi connectivity index (χ2v) is 5.18. The Kier molecular flexibility index (Phi) is 4.45. The van der Waals surface area contributed by atoms with E-state index in [0.29, 0.717) is 27.3 Å². The number of nitrogen functional groups attached to an aromatic ring is 1. The molecule has 0 aliphatic heterocycles. The highest BCUT2D eigenvalue weighted by Crippen LogP contribution is 2.23. The van der Waals surface area contributed by atoms with Crippen LogP contribution in [0.3, 0.4) is 0 Å². The lowest BCUT2D eigenvalue weighted by molar-refractivity contribution is 0.0950. The van der Waals surface area contributed by atoms with Gasteiger partial charge in [-0.05, 0) is 39.7 Å². The summed E-state index contributed by atoms with van der Waals surface area (Å²) in [6.07, 6.45) is 0. The van der Waals surface area contributed by atoms with Crippen LogP contribution in [0.4, 0.5) is 5.69 Å². The summed E-state index contributed by atoms with van der Waals surface area (Å²) in [5.41, 5.74) is 7.65. The van der Waals surface area contributed by atoms with Gasteiger partial charge in [0.05, 0.1) is 10.0 Å². The summed E-state index contributed by atoms with van der Waals surface area (Å²) in [5, 5.41) is 3.45. The van der Waals surface area contributed by atoms with E-state index >= 15 is 0 Å². The lowest BCUT2D eigenvalue weighted by atomic mass is 10.1. The number of carbonyl (C=O) groups is 1. The third-order valence-corrected chi connectivity index (χ3v) is 3.92. The van der Waals surface area contributed by atoms with E-state index < -0.39 is 0 Å². The molecular weight excluding hydrogens is 328 g/mol. The van der Waals surface area contributed by atoms with Crippen molar-refractivity contribution in [2.24, 2.45) is 0 Å². The molecule has 0 radical (unpaired) electrons. The number of hydrogen-bond acceptors (Lipinski definition) is 2. The van der Waals surface area contributed by atoms with E-state index in [2.05, 4.69) is 21.2 Å². The van der Waals surface area contributed by atoms with Crippen LogP contribution in [0.2, 0.25) is 5.02 Å². The Morgan fingerprint density at radius 2 is 1.95 bits per heavy atom. The first-order valence-electron chi connectivity index (χ1n) is 5.65. The fourth-order valence-corrected chi connectivity index (χ4v) is 2.28. The molecule has 98 valence electrons. The van der Waals surface area contributed by atoms with Crippen molar-refractivity contribution >= 4 is 39.1 Å². The van der Waals surface area contributed by atoms with Crippen molar-refractivity contribution in [3.8, 4) is 0 Å². The van der Waals surface area contributed by atoms with Crippen LogP contribution in [0.15, 0.2) is 46.9 Å². The van der Waals surface area contributed by atoms with Gasteiger partial charge in [0.15, 0.2) is 0 Å². The molecule has 0 saturated heterocycles. The Morgan fingerprint density at radius 1 is 1.21 bits per heavy atom. The normalized spacial score (nSPS) is 10.2. The van der Waals surface area contributed by atoms with Crippen LogP contribution in [-0.4, -0.2) is 5.91 Å². The molecular formula is C14H12BrClN2O. The molecule has 0 bridgehead atoms.